The van der Waals surface area contributed by atoms with E-state index in [1.807, 2.05) is 6.20 Å². The zero-order valence-corrected chi connectivity index (χ0v) is 7.86. The van der Waals surface area contributed by atoms with Gasteiger partial charge in [0, 0.05) is 18.6 Å². The van der Waals surface area contributed by atoms with E-state index < -0.39 is 0 Å². The Balaban J connectivity index is 2.71. The Morgan fingerprint density at radius 3 is 2.75 bits per heavy atom. The van der Waals surface area contributed by atoms with Gasteiger partial charge in [-0.15, -0.1) is 0 Å². The van der Waals surface area contributed by atoms with Gasteiger partial charge in [-0.1, -0.05) is 6.92 Å². The van der Waals surface area contributed by atoms with Crippen molar-refractivity contribution in [1.82, 2.24) is 14.9 Å². The summed E-state index contributed by atoms with van der Waals surface area (Å²) in [5, 5.41) is 0. The Morgan fingerprint density at radius 1 is 1.50 bits per heavy atom. The average molecular weight is 165 g/mol. The van der Waals surface area contributed by atoms with Crippen molar-refractivity contribution >= 4 is 0 Å². The smallest absolute Gasteiger partial charge is 0.0755 e. The van der Waals surface area contributed by atoms with Crippen molar-refractivity contribution in [1.29, 1.82) is 0 Å². The Hall–Kier alpha value is -0.960. The lowest BCUT2D eigenvalue weighted by molar-refractivity contribution is 0.270. The second kappa shape index (κ2) is 4.16. The first-order valence-corrected chi connectivity index (χ1v) is 4.21. The standard InChI is InChI=1S/C9H15N3/c1-4-12(3)8(2)9-7-10-5-6-11-9/h5-8H,4H2,1-3H3. The van der Waals surface area contributed by atoms with Crippen LogP contribution in [0, 0.1) is 0 Å². The molecular formula is C9H15N3. The van der Waals surface area contributed by atoms with Crippen LogP contribution in [0.3, 0.4) is 0 Å². The first-order valence-electron chi connectivity index (χ1n) is 4.21. The minimum atomic E-state index is 0.351. The van der Waals surface area contributed by atoms with Crippen molar-refractivity contribution in [3.05, 3.63) is 24.3 Å². The normalized spacial score (nSPS) is 13.3. The van der Waals surface area contributed by atoms with Crippen LogP contribution >= 0.6 is 0 Å². The summed E-state index contributed by atoms with van der Waals surface area (Å²) in [7, 11) is 2.08. The molecule has 1 atom stereocenters. The molecule has 0 saturated heterocycles. The van der Waals surface area contributed by atoms with E-state index in [0.29, 0.717) is 6.04 Å². The second-order valence-corrected chi connectivity index (χ2v) is 2.88. The predicted molar refractivity (Wildman–Crippen MR) is 48.8 cm³/mol. The van der Waals surface area contributed by atoms with Gasteiger partial charge in [0.15, 0.2) is 0 Å². The highest BCUT2D eigenvalue weighted by molar-refractivity contribution is 5.00. The van der Waals surface area contributed by atoms with Gasteiger partial charge in [0.25, 0.3) is 0 Å². The zero-order valence-electron chi connectivity index (χ0n) is 7.86. The van der Waals surface area contributed by atoms with E-state index in [1.165, 1.54) is 0 Å². The fourth-order valence-corrected chi connectivity index (χ4v) is 1.03. The molecule has 0 aliphatic rings. The molecule has 0 spiro atoms. The zero-order chi connectivity index (χ0) is 8.97. The maximum atomic E-state index is 4.24. The molecule has 66 valence electrons. The van der Waals surface area contributed by atoms with E-state index in [0.717, 1.165) is 12.2 Å². The number of aromatic nitrogens is 2. The Labute approximate surface area is 73.5 Å². The summed E-state index contributed by atoms with van der Waals surface area (Å²) in [5.74, 6) is 0. The van der Waals surface area contributed by atoms with Gasteiger partial charge in [-0.25, -0.2) is 0 Å². The van der Waals surface area contributed by atoms with Crippen molar-refractivity contribution < 1.29 is 0 Å². The number of nitrogens with zero attached hydrogens (tertiary/aromatic N) is 3. The summed E-state index contributed by atoms with van der Waals surface area (Å²) in [5.41, 5.74) is 1.03. The highest BCUT2D eigenvalue weighted by atomic mass is 15.1. The third-order valence-corrected chi connectivity index (χ3v) is 2.17. The van der Waals surface area contributed by atoms with Crippen LogP contribution in [-0.2, 0) is 0 Å². The van der Waals surface area contributed by atoms with Gasteiger partial charge in [-0.05, 0) is 20.5 Å². The van der Waals surface area contributed by atoms with Crippen LogP contribution in [0.4, 0.5) is 0 Å². The Kier molecular flexibility index (Phi) is 3.17. The number of rotatable bonds is 3. The molecule has 0 saturated carbocycles. The predicted octanol–water partition coefficient (Wildman–Crippen LogP) is 1.49. The van der Waals surface area contributed by atoms with Gasteiger partial charge in [-0.3, -0.25) is 14.9 Å². The van der Waals surface area contributed by atoms with Gasteiger partial charge in [0.05, 0.1) is 11.7 Å². The molecule has 12 heavy (non-hydrogen) atoms. The molecule has 3 nitrogen and oxygen atoms in total. The van der Waals surface area contributed by atoms with Gasteiger partial charge >= 0.3 is 0 Å². The van der Waals surface area contributed by atoms with Crippen LogP contribution in [0.25, 0.3) is 0 Å². The monoisotopic (exact) mass is 165 g/mol. The molecule has 1 heterocycles. The van der Waals surface area contributed by atoms with Gasteiger partial charge in [-0.2, -0.15) is 0 Å². The number of hydrogen-bond donors (Lipinski definition) is 0. The van der Waals surface area contributed by atoms with Crippen molar-refractivity contribution in [3.63, 3.8) is 0 Å². The molecule has 1 aromatic heterocycles. The lowest BCUT2D eigenvalue weighted by Crippen LogP contribution is -2.22. The van der Waals surface area contributed by atoms with Crippen LogP contribution in [0.1, 0.15) is 25.6 Å². The molecule has 0 bridgehead atoms. The molecule has 1 aromatic rings. The molecule has 0 radical (unpaired) electrons. The summed E-state index contributed by atoms with van der Waals surface area (Å²) < 4.78 is 0. The van der Waals surface area contributed by atoms with E-state index in [1.54, 1.807) is 12.4 Å². The van der Waals surface area contributed by atoms with Crippen LogP contribution in [0.5, 0.6) is 0 Å². The summed E-state index contributed by atoms with van der Waals surface area (Å²) in [6.07, 6.45) is 5.24. The quantitative estimate of drug-likeness (QED) is 0.679. The summed E-state index contributed by atoms with van der Waals surface area (Å²) >= 11 is 0. The molecule has 0 aromatic carbocycles. The third kappa shape index (κ3) is 2.01. The third-order valence-electron chi connectivity index (χ3n) is 2.17. The number of hydrogen-bond acceptors (Lipinski definition) is 3. The fraction of sp³-hybridized carbons (Fsp3) is 0.556. The van der Waals surface area contributed by atoms with Gasteiger partial charge in [0.1, 0.15) is 0 Å². The first kappa shape index (κ1) is 9.13. The largest absolute Gasteiger partial charge is 0.298 e. The molecule has 1 unspecified atom stereocenters. The second-order valence-electron chi connectivity index (χ2n) is 2.88. The van der Waals surface area contributed by atoms with Crippen LogP contribution in [-0.4, -0.2) is 28.5 Å². The van der Waals surface area contributed by atoms with Gasteiger partial charge in [0.2, 0.25) is 0 Å². The first-order chi connectivity index (χ1) is 5.75. The highest BCUT2D eigenvalue weighted by Gasteiger charge is 2.09. The molecule has 1 rings (SSSR count). The molecule has 0 aliphatic heterocycles. The highest BCUT2D eigenvalue weighted by Crippen LogP contribution is 2.13. The summed E-state index contributed by atoms with van der Waals surface area (Å²) in [6, 6.07) is 0.351. The SMILES string of the molecule is CCN(C)C(C)c1cnccn1. The Bertz CT molecular complexity index is 222. The average Bonchev–Trinajstić information content (AvgIpc) is 2.17. The minimum Gasteiger partial charge on any atom is -0.298 e. The van der Waals surface area contributed by atoms with E-state index in [9.17, 15) is 0 Å². The lowest BCUT2D eigenvalue weighted by Gasteiger charge is -2.21. The molecule has 0 fully saturated rings. The summed E-state index contributed by atoms with van der Waals surface area (Å²) in [6.45, 7) is 5.29. The van der Waals surface area contributed by atoms with E-state index in [4.69, 9.17) is 0 Å². The molecule has 0 aliphatic carbocycles. The maximum absolute atomic E-state index is 4.24. The molecule has 3 heteroatoms. The van der Waals surface area contributed by atoms with E-state index >= 15 is 0 Å². The minimum absolute atomic E-state index is 0.351. The van der Waals surface area contributed by atoms with Crippen LogP contribution in [0.15, 0.2) is 18.6 Å². The van der Waals surface area contributed by atoms with Crippen LogP contribution < -0.4 is 0 Å². The molecule has 0 N–H and O–H groups in total. The Morgan fingerprint density at radius 2 is 2.25 bits per heavy atom. The van der Waals surface area contributed by atoms with Crippen molar-refractivity contribution in [2.75, 3.05) is 13.6 Å². The molecule has 0 amide bonds. The topological polar surface area (TPSA) is 29.0 Å². The van der Waals surface area contributed by atoms with Crippen molar-refractivity contribution in [3.8, 4) is 0 Å². The lowest BCUT2D eigenvalue weighted by atomic mass is 10.2. The van der Waals surface area contributed by atoms with Gasteiger partial charge < -0.3 is 0 Å². The van der Waals surface area contributed by atoms with E-state index in [-0.39, 0.29) is 0 Å². The van der Waals surface area contributed by atoms with Crippen molar-refractivity contribution in [2.45, 2.75) is 19.9 Å². The van der Waals surface area contributed by atoms with Crippen LogP contribution in [0.2, 0.25) is 0 Å². The maximum Gasteiger partial charge on any atom is 0.0755 e. The van der Waals surface area contributed by atoms with E-state index in [2.05, 4.69) is 35.8 Å². The summed E-state index contributed by atoms with van der Waals surface area (Å²) in [4.78, 5) is 10.5. The fourth-order valence-electron chi connectivity index (χ4n) is 1.03. The molecular weight excluding hydrogens is 150 g/mol. The van der Waals surface area contributed by atoms with Crippen molar-refractivity contribution in [2.24, 2.45) is 0 Å².